The van der Waals surface area contributed by atoms with Gasteiger partial charge in [-0.1, -0.05) is 11.6 Å². The summed E-state index contributed by atoms with van der Waals surface area (Å²) in [6, 6.07) is 5.76. The molecule has 0 atom stereocenters. The minimum atomic E-state index is 0.733. The van der Waals surface area contributed by atoms with Gasteiger partial charge in [0.1, 0.15) is 0 Å². The predicted molar refractivity (Wildman–Crippen MR) is 72.2 cm³/mol. The zero-order valence-electron chi connectivity index (χ0n) is 9.21. The highest BCUT2D eigenvalue weighted by Crippen LogP contribution is 2.31. The number of halogens is 1. The first kappa shape index (κ1) is 12.1. The number of nitrogens with one attached hydrogen (secondary N) is 1. The smallest absolute Gasteiger partial charge is 0.0562 e. The number of piperidine rings is 1. The van der Waals surface area contributed by atoms with Crippen LogP contribution in [0.3, 0.4) is 0 Å². The van der Waals surface area contributed by atoms with E-state index in [9.17, 15) is 0 Å². The summed E-state index contributed by atoms with van der Waals surface area (Å²) >= 11 is 7.98. The van der Waals surface area contributed by atoms with E-state index in [4.69, 9.17) is 17.3 Å². The first-order chi connectivity index (χ1) is 7.75. The van der Waals surface area contributed by atoms with Crippen LogP contribution in [0.4, 0.5) is 5.69 Å². The minimum Gasteiger partial charge on any atom is -0.399 e. The van der Waals surface area contributed by atoms with Crippen molar-refractivity contribution < 1.29 is 0 Å². The second-order valence-corrected chi connectivity index (χ2v) is 5.66. The van der Waals surface area contributed by atoms with Gasteiger partial charge < -0.3 is 11.1 Å². The molecule has 0 aromatic heterocycles. The van der Waals surface area contributed by atoms with Gasteiger partial charge in [-0.05, 0) is 50.0 Å². The number of thioether (sulfide) groups is 1. The normalized spacial score (nSPS) is 17.6. The van der Waals surface area contributed by atoms with Crippen molar-refractivity contribution in [3.05, 3.63) is 23.2 Å². The van der Waals surface area contributed by atoms with Gasteiger partial charge in [-0.2, -0.15) is 0 Å². The lowest BCUT2D eigenvalue weighted by Gasteiger charge is -2.22. The van der Waals surface area contributed by atoms with Crippen molar-refractivity contribution in [1.82, 2.24) is 5.32 Å². The summed E-state index contributed by atoms with van der Waals surface area (Å²) in [6.45, 7) is 2.31. The topological polar surface area (TPSA) is 38.0 Å². The molecule has 4 heteroatoms. The van der Waals surface area contributed by atoms with Crippen LogP contribution in [0.1, 0.15) is 12.8 Å². The van der Waals surface area contributed by atoms with Crippen molar-refractivity contribution in [2.75, 3.05) is 24.6 Å². The monoisotopic (exact) mass is 256 g/mol. The third kappa shape index (κ3) is 3.30. The molecule has 1 fully saturated rings. The highest BCUT2D eigenvalue weighted by atomic mass is 35.5. The van der Waals surface area contributed by atoms with E-state index in [-0.39, 0.29) is 0 Å². The molecule has 1 aliphatic rings. The second kappa shape index (κ2) is 5.80. The van der Waals surface area contributed by atoms with Crippen molar-refractivity contribution in [3.8, 4) is 0 Å². The Morgan fingerprint density at radius 2 is 2.12 bits per heavy atom. The number of hydrogen-bond donors (Lipinski definition) is 2. The van der Waals surface area contributed by atoms with Crippen LogP contribution in [0.5, 0.6) is 0 Å². The van der Waals surface area contributed by atoms with Crippen LogP contribution in [-0.2, 0) is 0 Å². The number of benzene rings is 1. The summed E-state index contributed by atoms with van der Waals surface area (Å²) in [5.41, 5.74) is 6.40. The van der Waals surface area contributed by atoms with Crippen LogP contribution >= 0.6 is 23.4 Å². The molecule has 0 bridgehead atoms. The average Bonchev–Trinajstić information content (AvgIpc) is 2.29. The van der Waals surface area contributed by atoms with Gasteiger partial charge >= 0.3 is 0 Å². The van der Waals surface area contributed by atoms with Crippen molar-refractivity contribution in [2.24, 2.45) is 5.92 Å². The number of nitrogen functional groups attached to an aromatic ring is 1. The third-order valence-electron chi connectivity index (χ3n) is 2.89. The molecule has 1 heterocycles. The number of hydrogen-bond acceptors (Lipinski definition) is 3. The molecule has 0 spiro atoms. The van der Waals surface area contributed by atoms with Crippen molar-refractivity contribution in [2.45, 2.75) is 17.7 Å². The Morgan fingerprint density at radius 1 is 1.38 bits per heavy atom. The Hall–Kier alpha value is -0.380. The maximum atomic E-state index is 6.13. The maximum absolute atomic E-state index is 6.13. The van der Waals surface area contributed by atoms with E-state index < -0.39 is 0 Å². The summed E-state index contributed by atoms with van der Waals surface area (Å²) < 4.78 is 0. The largest absolute Gasteiger partial charge is 0.399 e. The van der Waals surface area contributed by atoms with Gasteiger partial charge in [0.05, 0.1) is 5.02 Å². The Bertz CT molecular complexity index is 351. The zero-order chi connectivity index (χ0) is 11.4. The standard InChI is InChI=1S/C12H17ClN2S/c13-11-7-10(14)1-2-12(11)16-8-9-3-5-15-6-4-9/h1-2,7,9,15H,3-6,8,14H2. The zero-order valence-corrected chi connectivity index (χ0v) is 10.8. The molecule has 0 saturated carbocycles. The van der Waals surface area contributed by atoms with Crippen LogP contribution in [0.15, 0.2) is 23.1 Å². The van der Waals surface area contributed by atoms with Gasteiger partial charge in [0, 0.05) is 16.3 Å². The molecular formula is C12H17ClN2S. The predicted octanol–water partition coefficient (Wildman–Crippen LogP) is 3.01. The minimum absolute atomic E-state index is 0.733. The molecule has 1 saturated heterocycles. The Morgan fingerprint density at radius 3 is 2.81 bits per heavy atom. The Labute approximate surface area is 106 Å². The molecule has 16 heavy (non-hydrogen) atoms. The summed E-state index contributed by atoms with van der Waals surface area (Å²) in [4.78, 5) is 1.15. The van der Waals surface area contributed by atoms with E-state index in [1.54, 1.807) is 0 Å². The van der Waals surface area contributed by atoms with Crippen LogP contribution in [0.2, 0.25) is 5.02 Å². The number of nitrogens with two attached hydrogens (primary N) is 1. The van der Waals surface area contributed by atoms with E-state index in [2.05, 4.69) is 5.32 Å². The number of anilines is 1. The molecule has 1 aromatic carbocycles. The van der Waals surface area contributed by atoms with Gasteiger partial charge in [0.2, 0.25) is 0 Å². The molecular weight excluding hydrogens is 240 g/mol. The van der Waals surface area contributed by atoms with Crippen LogP contribution in [-0.4, -0.2) is 18.8 Å². The summed E-state index contributed by atoms with van der Waals surface area (Å²) in [7, 11) is 0. The van der Waals surface area contributed by atoms with E-state index >= 15 is 0 Å². The van der Waals surface area contributed by atoms with Crippen molar-refractivity contribution >= 4 is 29.1 Å². The van der Waals surface area contributed by atoms with Crippen molar-refractivity contribution in [3.63, 3.8) is 0 Å². The van der Waals surface area contributed by atoms with Gasteiger partial charge in [-0.15, -0.1) is 11.8 Å². The van der Waals surface area contributed by atoms with E-state index in [0.717, 1.165) is 40.4 Å². The molecule has 2 rings (SSSR count). The molecule has 2 nitrogen and oxygen atoms in total. The van der Waals surface area contributed by atoms with Crippen LogP contribution < -0.4 is 11.1 Å². The van der Waals surface area contributed by atoms with Crippen LogP contribution in [0.25, 0.3) is 0 Å². The molecule has 0 aliphatic carbocycles. The SMILES string of the molecule is Nc1ccc(SCC2CCNCC2)c(Cl)c1. The fraction of sp³-hybridized carbons (Fsp3) is 0.500. The molecule has 0 amide bonds. The van der Waals surface area contributed by atoms with Gasteiger partial charge in [0.25, 0.3) is 0 Å². The van der Waals surface area contributed by atoms with Crippen molar-refractivity contribution in [1.29, 1.82) is 0 Å². The van der Waals surface area contributed by atoms with Gasteiger partial charge in [-0.25, -0.2) is 0 Å². The lowest BCUT2D eigenvalue weighted by molar-refractivity contribution is 0.408. The second-order valence-electron chi connectivity index (χ2n) is 4.19. The number of rotatable bonds is 3. The van der Waals surface area contributed by atoms with E-state index in [0.29, 0.717) is 0 Å². The summed E-state index contributed by atoms with van der Waals surface area (Å²) in [5.74, 6) is 1.98. The van der Waals surface area contributed by atoms with Gasteiger partial charge in [-0.3, -0.25) is 0 Å². The fourth-order valence-electron chi connectivity index (χ4n) is 1.89. The van der Waals surface area contributed by atoms with Crippen LogP contribution in [0, 0.1) is 5.92 Å². The molecule has 88 valence electrons. The molecule has 0 radical (unpaired) electrons. The maximum Gasteiger partial charge on any atom is 0.0562 e. The van der Waals surface area contributed by atoms with Gasteiger partial charge in [0.15, 0.2) is 0 Å². The molecule has 3 N–H and O–H groups in total. The Balaban J connectivity index is 1.88. The lowest BCUT2D eigenvalue weighted by atomic mass is 10.0. The fourth-order valence-corrected chi connectivity index (χ4v) is 3.35. The average molecular weight is 257 g/mol. The first-order valence-corrected chi connectivity index (χ1v) is 7.00. The molecule has 0 unspecified atom stereocenters. The van der Waals surface area contributed by atoms with E-state index in [1.807, 2.05) is 30.0 Å². The third-order valence-corrected chi connectivity index (χ3v) is 4.62. The van der Waals surface area contributed by atoms with E-state index in [1.165, 1.54) is 12.8 Å². The first-order valence-electron chi connectivity index (χ1n) is 5.64. The summed E-state index contributed by atoms with van der Waals surface area (Å²) in [6.07, 6.45) is 2.55. The molecule has 1 aliphatic heterocycles. The summed E-state index contributed by atoms with van der Waals surface area (Å²) in [5, 5.41) is 4.16. The molecule has 1 aromatic rings. The highest BCUT2D eigenvalue weighted by Gasteiger charge is 2.13. The quantitative estimate of drug-likeness (QED) is 0.645. The lowest BCUT2D eigenvalue weighted by Crippen LogP contribution is -2.28. The Kier molecular flexibility index (Phi) is 4.38. The highest BCUT2D eigenvalue weighted by molar-refractivity contribution is 7.99.